The summed E-state index contributed by atoms with van der Waals surface area (Å²) in [6.07, 6.45) is 2.56. The molecular formula is C8H18O3. The molecule has 1 heterocycles. The van der Waals surface area contributed by atoms with Gasteiger partial charge in [0, 0.05) is 13.2 Å². The van der Waals surface area contributed by atoms with Crippen molar-refractivity contribution in [2.24, 2.45) is 0 Å². The van der Waals surface area contributed by atoms with Crippen LogP contribution in [0.1, 0.15) is 33.6 Å². The SMILES string of the molecule is C1CCOC1.CC(C)(C)OO. The second kappa shape index (κ2) is 5.52. The van der Waals surface area contributed by atoms with Gasteiger partial charge in [0.2, 0.25) is 0 Å². The summed E-state index contributed by atoms with van der Waals surface area (Å²) in [5.41, 5.74) is -0.403. The van der Waals surface area contributed by atoms with Crippen LogP contribution in [0, 0.1) is 0 Å². The standard InChI is InChI=1S/C4H10O2.C4H8O/c1-4(2,3)6-5;1-2-4-5-3-1/h5H,1-3H3;1-4H2. The Bertz CT molecular complexity index is 74.2. The molecule has 0 atom stereocenters. The average molecular weight is 162 g/mol. The molecule has 0 spiro atoms. The van der Waals surface area contributed by atoms with E-state index in [-0.39, 0.29) is 0 Å². The Labute approximate surface area is 68.2 Å². The van der Waals surface area contributed by atoms with Crippen LogP contribution in [0.4, 0.5) is 0 Å². The van der Waals surface area contributed by atoms with Crippen molar-refractivity contribution >= 4 is 0 Å². The van der Waals surface area contributed by atoms with Crippen LogP contribution in [0.2, 0.25) is 0 Å². The molecule has 1 N–H and O–H groups in total. The minimum Gasteiger partial charge on any atom is -0.381 e. The van der Waals surface area contributed by atoms with Crippen molar-refractivity contribution in [1.29, 1.82) is 0 Å². The van der Waals surface area contributed by atoms with Crippen molar-refractivity contribution < 1.29 is 14.9 Å². The van der Waals surface area contributed by atoms with Gasteiger partial charge in [0.15, 0.2) is 0 Å². The van der Waals surface area contributed by atoms with Crippen molar-refractivity contribution in [2.75, 3.05) is 13.2 Å². The van der Waals surface area contributed by atoms with Gasteiger partial charge in [-0.15, -0.1) is 0 Å². The maximum Gasteiger partial charge on any atom is 0.0949 e. The largest absolute Gasteiger partial charge is 0.381 e. The van der Waals surface area contributed by atoms with Gasteiger partial charge in [-0.2, -0.15) is 0 Å². The van der Waals surface area contributed by atoms with E-state index < -0.39 is 5.60 Å². The van der Waals surface area contributed by atoms with Gasteiger partial charge < -0.3 is 4.74 Å². The summed E-state index contributed by atoms with van der Waals surface area (Å²) >= 11 is 0. The van der Waals surface area contributed by atoms with E-state index in [2.05, 4.69) is 4.89 Å². The van der Waals surface area contributed by atoms with Gasteiger partial charge in [-0.25, -0.2) is 4.89 Å². The van der Waals surface area contributed by atoms with E-state index in [0.29, 0.717) is 0 Å². The predicted molar refractivity (Wildman–Crippen MR) is 43.5 cm³/mol. The fourth-order valence-electron chi connectivity index (χ4n) is 0.510. The second-order valence-electron chi connectivity index (χ2n) is 3.52. The molecule has 0 bridgehead atoms. The Balaban J connectivity index is 0.000000183. The molecule has 0 aliphatic carbocycles. The minimum absolute atomic E-state index is 0.403. The highest BCUT2D eigenvalue weighted by Gasteiger charge is 2.06. The van der Waals surface area contributed by atoms with Crippen molar-refractivity contribution in [2.45, 2.75) is 39.2 Å². The maximum atomic E-state index is 7.90. The number of hydrogen-bond acceptors (Lipinski definition) is 3. The smallest absolute Gasteiger partial charge is 0.0949 e. The molecule has 0 aromatic rings. The van der Waals surface area contributed by atoms with Crippen molar-refractivity contribution in [3.63, 3.8) is 0 Å². The van der Waals surface area contributed by atoms with Gasteiger partial charge in [-0.1, -0.05) is 0 Å². The van der Waals surface area contributed by atoms with Gasteiger partial charge in [0.1, 0.15) is 0 Å². The summed E-state index contributed by atoms with van der Waals surface area (Å²) in [6.45, 7) is 7.31. The molecule has 3 nitrogen and oxygen atoms in total. The zero-order valence-corrected chi connectivity index (χ0v) is 7.59. The highest BCUT2D eigenvalue weighted by atomic mass is 17.1. The molecule has 1 fully saturated rings. The van der Waals surface area contributed by atoms with Gasteiger partial charge in [0.05, 0.1) is 5.60 Å². The topological polar surface area (TPSA) is 38.7 Å². The fourth-order valence-corrected chi connectivity index (χ4v) is 0.510. The first kappa shape index (κ1) is 10.9. The van der Waals surface area contributed by atoms with Gasteiger partial charge >= 0.3 is 0 Å². The first-order valence-electron chi connectivity index (χ1n) is 3.96. The molecule has 1 aliphatic heterocycles. The Hall–Kier alpha value is -0.120. The summed E-state index contributed by atoms with van der Waals surface area (Å²) in [7, 11) is 0. The zero-order chi connectivity index (χ0) is 8.74. The molecule has 0 unspecified atom stereocenters. The molecule has 0 aromatic heterocycles. The lowest BCUT2D eigenvalue weighted by molar-refractivity contribution is -0.306. The first-order valence-corrected chi connectivity index (χ1v) is 3.96. The molecular weight excluding hydrogens is 144 g/mol. The predicted octanol–water partition coefficient (Wildman–Crippen LogP) is 2.07. The average Bonchev–Trinajstić information content (AvgIpc) is 2.41. The van der Waals surface area contributed by atoms with E-state index >= 15 is 0 Å². The summed E-state index contributed by atoms with van der Waals surface area (Å²) < 4.78 is 4.94. The van der Waals surface area contributed by atoms with Crippen LogP contribution >= 0.6 is 0 Å². The summed E-state index contributed by atoms with van der Waals surface area (Å²) in [4.78, 5) is 3.94. The Morgan fingerprint density at radius 2 is 1.55 bits per heavy atom. The van der Waals surface area contributed by atoms with Crippen LogP contribution in [0.5, 0.6) is 0 Å². The molecule has 11 heavy (non-hydrogen) atoms. The number of rotatable bonds is 0. The third-order valence-corrected chi connectivity index (χ3v) is 1.10. The minimum atomic E-state index is -0.403. The van der Waals surface area contributed by atoms with Gasteiger partial charge in [-0.05, 0) is 33.6 Å². The van der Waals surface area contributed by atoms with Crippen LogP contribution in [0.25, 0.3) is 0 Å². The van der Waals surface area contributed by atoms with Gasteiger partial charge in [-0.3, -0.25) is 5.26 Å². The highest BCUT2D eigenvalue weighted by Crippen LogP contribution is 2.01. The molecule has 3 heteroatoms. The molecule has 1 saturated heterocycles. The van der Waals surface area contributed by atoms with Crippen molar-refractivity contribution in [1.82, 2.24) is 0 Å². The molecule has 0 aromatic carbocycles. The van der Waals surface area contributed by atoms with Crippen molar-refractivity contribution in [3.05, 3.63) is 0 Å². The second-order valence-corrected chi connectivity index (χ2v) is 3.52. The van der Waals surface area contributed by atoms with E-state index in [9.17, 15) is 0 Å². The van der Waals surface area contributed by atoms with E-state index in [4.69, 9.17) is 9.99 Å². The van der Waals surface area contributed by atoms with E-state index in [1.807, 2.05) is 0 Å². The van der Waals surface area contributed by atoms with Crippen LogP contribution < -0.4 is 0 Å². The maximum absolute atomic E-state index is 7.90. The van der Waals surface area contributed by atoms with E-state index in [1.54, 1.807) is 20.8 Å². The van der Waals surface area contributed by atoms with E-state index in [1.165, 1.54) is 12.8 Å². The van der Waals surface area contributed by atoms with Crippen LogP contribution in [-0.4, -0.2) is 24.1 Å². The zero-order valence-electron chi connectivity index (χ0n) is 7.59. The lowest BCUT2D eigenvalue weighted by atomic mass is 10.2. The van der Waals surface area contributed by atoms with Crippen LogP contribution in [-0.2, 0) is 9.62 Å². The third kappa shape index (κ3) is 9.88. The quantitative estimate of drug-likeness (QED) is 0.437. The Morgan fingerprint density at radius 1 is 1.18 bits per heavy atom. The van der Waals surface area contributed by atoms with Crippen LogP contribution in [0.15, 0.2) is 0 Å². The van der Waals surface area contributed by atoms with Gasteiger partial charge in [0.25, 0.3) is 0 Å². The third-order valence-electron chi connectivity index (χ3n) is 1.10. The fraction of sp³-hybridized carbons (Fsp3) is 1.00. The Kier molecular flexibility index (Phi) is 5.46. The monoisotopic (exact) mass is 162 g/mol. The summed E-state index contributed by atoms with van der Waals surface area (Å²) in [5.74, 6) is 0. The van der Waals surface area contributed by atoms with E-state index in [0.717, 1.165) is 13.2 Å². The normalized spacial score (nSPS) is 17.5. The number of hydrogen-bond donors (Lipinski definition) is 1. The molecule has 0 radical (unpaired) electrons. The molecule has 0 amide bonds. The summed E-state index contributed by atoms with van der Waals surface area (Å²) in [5, 5.41) is 7.90. The lowest BCUT2D eigenvalue weighted by Gasteiger charge is -2.10. The molecule has 0 saturated carbocycles. The van der Waals surface area contributed by atoms with Crippen LogP contribution in [0.3, 0.4) is 0 Å². The molecule has 1 rings (SSSR count). The number of ether oxygens (including phenoxy) is 1. The molecule has 68 valence electrons. The highest BCUT2D eigenvalue weighted by molar-refractivity contribution is 4.53. The lowest BCUT2D eigenvalue weighted by Crippen LogP contribution is -2.15. The molecule has 1 aliphatic rings. The Morgan fingerprint density at radius 3 is 1.64 bits per heavy atom. The first-order chi connectivity index (χ1) is 5.06. The summed E-state index contributed by atoms with van der Waals surface area (Å²) in [6, 6.07) is 0. The van der Waals surface area contributed by atoms with Crippen molar-refractivity contribution in [3.8, 4) is 0 Å².